The van der Waals surface area contributed by atoms with Gasteiger partial charge in [0.25, 0.3) is 0 Å². The van der Waals surface area contributed by atoms with Crippen molar-refractivity contribution >= 4 is 26.2 Å². The van der Waals surface area contributed by atoms with Crippen LogP contribution < -0.4 is 0 Å². The first-order chi connectivity index (χ1) is 10.1. The topological polar surface area (TPSA) is 37.3 Å². The highest BCUT2D eigenvalue weighted by Crippen LogP contribution is 2.25. The van der Waals surface area contributed by atoms with Crippen molar-refractivity contribution < 1.29 is 9.90 Å². The van der Waals surface area contributed by atoms with E-state index < -0.39 is 6.10 Å². The molecule has 1 rings (SSSR count). The molecule has 1 aromatic rings. The van der Waals surface area contributed by atoms with Crippen LogP contribution in [0.15, 0.2) is 36.4 Å². The first kappa shape index (κ1) is 18.1. The number of aliphatic hydroxyl groups is 1. The third kappa shape index (κ3) is 6.58. The number of Topliss-reactive ketones (excluding diaryl/α,β-unsaturated/α-hetero) is 1. The maximum Gasteiger partial charge on any atom is 0.135 e. The Balaban J connectivity index is 2.64. The predicted molar refractivity (Wildman–Crippen MR) is 92.3 cm³/mol. The number of rotatable bonds is 9. The molecule has 116 valence electrons. The molecule has 0 saturated heterocycles. The highest BCUT2D eigenvalue weighted by atomic mass is 79.9. The van der Waals surface area contributed by atoms with Crippen LogP contribution >= 0.6 is 15.9 Å². The van der Waals surface area contributed by atoms with Crippen molar-refractivity contribution in [3.63, 3.8) is 0 Å². The minimum Gasteiger partial charge on any atom is -0.392 e. The molecule has 0 heterocycles. The summed E-state index contributed by atoms with van der Waals surface area (Å²) < 4.78 is 0.968. The van der Waals surface area contributed by atoms with Crippen LogP contribution in [0.3, 0.4) is 0 Å². The summed E-state index contributed by atoms with van der Waals surface area (Å²) in [6.45, 7) is 3.70. The van der Waals surface area contributed by atoms with Gasteiger partial charge in [-0.3, -0.25) is 4.79 Å². The molecule has 0 amide bonds. The Morgan fingerprint density at radius 2 is 1.95 bits per heavy atom. The third-order valence-electron chi connectivity index (χ3n) is 3.69. The van der Waals surface area contributed by atoms with E-state index in [2.05, 4.69) is 22.9 Å². The summed E-state index contributed by atoms with van der Waals surface area (Å²) in [5, 5.41) is 10.2. The maximum atomic E-state index is 11.8. The van der Waals surface area contributed by atoms with Crippen LogP contribution in [0.4, 0.5) is 0 Å². The van der Waals surface area contributed by atoms with Crippen LogP contribution in [0.1, 0.15) is 51.5 Å². The van der Waals surface area contributed by atoms with Crippen molar-refractivity contribution in [2.45, 2.75) is 52.1 Å². The first-order valence-electron chi connectivity index (χ1n) is 7.65. The number of ketones is 1. The van der Waals surface area contributed by atoms with E-state index in [0.29, 0.717) is 12.8 Å². The Hall–Kier alpha value is -0.930. The SMILES string of the molecule is CCCCCC(O)C(C/C=C(\Br)c1ccccc1)C(C)=O. The zero-order chi connectivity index (χ0) is 15.7. The van der Waals surface area contributed by atoms with Gasteiger partial charge in [-0.05, 0) is 25.3 Å². The highest BCUT2D eigenvalue weighted by molar-refractivity contribution is 9.15. The van der Waals surface area contributed by atoms with Gasteiger partial charge in [0.15, 0.2) is 0 Å². The second-order valence-corrected chi connectivity index (χ2v) is 6.29. The van der Waals surface area contributed by atoms with Gasteiger partial charge in [0.05, 0.1) is 6.10 Å². The molecule has 0 aliphatic carbocycles. The molecule has 0 aliphatic heterocycles. The standard InChI is InChI=1S/C18H25BrO2/c1-3-4-6-11-18(21)16(14(2)20)12-13-17(19)15-9-7-5-8-10-15/h5,7-10,13,16,18,21H,3-4,6,11-12H2,1-2H3/b17-13-. The largest absolute Gasteiger partial charge is 0.392 e. The summed E-state index contributed by atoms with van der Waals surface area (Å²) in [5.41, 5.74) is 1.08. The van der Waals surface area contributed by atoms with Crippen molar-refractivity contribution in [1.82, 2.24) is 0 Å². The summed E-state index contributed by atoms with van der Waals surface area (Å²) in [5.74, 6) is -0.248. The van der Waals surface area contributed by atoms with Gasteiger partial charge in [-0.2, -0.15) is 0 Å². The van der Waals surface area contributed by atoms with E-state index in [9.17, 15) is 9.90 Å². The van der Waals surface area contributed by atoms with Gasteiger partial charge in [-0.1, -0.05) is 78.5 Å². The molecule has 2 atom stereocenters. The van der Waals surface area contributed by atoms with Crippen molar-refractivity contribution in [3.8, 4) is 0 Å². The zero-order valence-electron chi connectivity index (χ0n) is 12.9. The van der Waals surface area contributed by atoms with Crippen molar-refractivity contribution in [1.29, 1.82) is 0 Å². The molecule has 2 unspecified atom stereocenters. The average molecular weight is 353 g/mol. The number of aliphatic hydroxyl groups excluding tert-OH is 1. The number of carbonyl (C=O) groups excluding carboxylic acids is 1. The lowest BCUT2D eigenvalue weighted by atomic mass is 9.90. The Morgan fingerprint density at radius 1 is 1.29 bits per heavy atom. The quantitative estimate of drug-likeness (QED) is 0.637. The number of hydrogen-bond acceptors (Lipinski definition) is 2. The van der Waals surface area contributed by atoms with E-state index in [1.165, 1.54) is 0 Å². The minimum atomic E-state index is -0.540. The number of unbranched alkanes of at least 4 members (excludes halogenated alkanes) is 2. The van der Waals surface area contributed by atoms with Gasteiger partial charge in [0.1, 0.15) is 5.78 Å². The van der Waals surface area contributed by atoms with E-state index in [1.54, 1.807) is 6.92 Å². The maximum absolute atomic E-state index is 11.8. The third-order valence-corrected chi connectivity index (χ3v) is 4.47. The fraction of sp³-hybridized carbons (Fsp3) is 0.500. The molecule has 0 saturated carbocycles. The normalized spacial score (nSPS) is 14.8. The molecule has 0 aliphatic rings. The molecule has 1 N–H and O–H groups in total. The lowest BCUT2D eigenvalue weighted by molar-refractivity contribution is -0.124. The van der Waals surface area contributed by atoms with Gasteiger partial charge in [-0.25, -0.2) is 0 Å². The second-order valence-electron chi connectivity index (χ2n) is 5.43. The van der Waals surface area contributed by atoms with E-state index in [1.807, 2.05) is 36.4 Å². The Morgan fingerprint density at radius 3 is 2.52 bits per heavy atom. The van der Waals surface area contributed by atoms with Crippen LogP contribution in [0.2, 0.25) is 0 Å². The van der Waals surface area contributed by atoms with Gasteiger partial charge >= 0.3 is 0 Å². The minimum absolute atomic E-state index is 0.0589. The zero-order valence-corrected chi connectivity index (χ0v) is 14.5. The van der Waals surface area contributed by atoms with E-state index in [-0.39, 0.29) is 11.7 Å². The lowest BCUT2D eigenvalue weighted by Gasteiger charge is -2.19. The predicted octanol–water partition coefficient (Wildman–Crippen LogP) is 4.96. The molecule has 2 nitrogen and oxygen atoms in total. The molecule has 0 radical (unpaired) electrons. The summed E-state index contributed by atoms with van der Waals surface area (Å²) in [6, 6.07) is 9.96. The monoisotopic (exact) mass is 352 g/mol. The fourth-order valence-electron chi connectivity index (χ4n) is 2.34. The van der Waals surface area contributed by atoms with Gasteiger partial charge in [0.2, 0.25) is 0 Å². The van der Waals surface area contributed by atoms with Gasteiger partial charge in [-0.15, -0.1) is 0 Å². The average Bonchev–Trinajstić information content (AvgIpc) is 2.48. The van der Waals surface area contributed by atoms with Crippen molar-refractivity contribution in [2.75, 3.05) is 0 Å². The molecule has 0 spiro atoms. The molecule has 21 heavy (non-hydrogen) atoms. The second kappa shape index (κ2) is 9.91. The number of carbonyl (C=O) groups is 1. The summed E-state index contributed by atoms with van der Waals surface area (Å²) in [6.07, 6.45) is 5.92. The fourth-order valence-corrected chi connectivity index (χ4v) is 2.80. The van der Waals surface area contributed by atoms with Crippen molar-refractivity contribution in [2.24, 2.45) is 5.92 Å². The highest BCUT2D eigenvalue weighted by Gasteiger charge is 2.22. The molecule has 0 aromatic heterocycles. The number of hydrogen-bond donors (Lipinski definition) is 1. The number of allylic oxidation sites excluding steroid dienone is 1. The van der Waals surface area contributed by atoms with E-state index in [0.717, 1.165) is 29.3 Å². The van der Waals surface area contributed by atoms with E-state index in [4.69, 9.17) is 0 Å². The number of halogens is 1. The van der Waals surface area contributed by atoms with Gasteiger partial charge in [0, 0.05) is 10.4 Å². The van der Waals surface area contributed by atoms with Crippen molar-refractivity contribution in [3.05, 3.63) is 42.0 Å². The summed E-state index contributed by atoms with van der Waals surface area (Å²) in [7, 11) is 0. The lowest BCUT2D eigenvalue weighted by Crippen LogP contribution is -2.26. The van der Waals surface area contributed by atoms with Gasteiger partial charge < -0.3 is 5.11 Å². The van der Waals surface area contributed by atoms with Crippen LogP contribution in [-0.2, 0) is 4.79 Å². The number of benzene rings is 1. The Labute approximate surface area is 136 Å². The molecular weight excluding hydrogens is 328 g/mol. The van der Waals surface area contributed by atoms with Crippen LogP contribution in [0.5, 0.6) is 0 Å². The first-order valence-corrected chi connectivity index (χ1v) is 8.45. The van der Waals surface area contributed by atoms with Crippen LogP contribution in [0, 0.1) is 5.92 Å². The van der Waals surface area contributed by atoms with Crippen LogP contribution in [-0.4, -0.2) is 17.0 Å². The Kier molecular flexibility index (Phi) is 8.55. The summed E-state index contributed by atoms with van der Waals surface area (Å²) in [4.78, 5) is 11.8. The molecule has 0 bridgehead atoms. The Bertz CT molecular complexity index is 454. The molecule has 0 fully saturated rings. The molecule has 1 aromatic carbocycles. The van der Waals surface area contributed by atoms with Crippen LogP contribution in [0.25, 0.3) is 4.48 Å². The summed E-state index contributed by atoms with van der Waals surface area (Å²) >= 11 is 3.54. The molecular formula is C18H25BrO2. The molecule has 3 heteroatoms. The van der Waals surface area contributed by atoms with E-state index >= 15 is 0 Å². The smallest absolute Gasteiger partial charge is 0.135 e.